The minimum atomic E-state index is 0.690. The molecule has 2 aromatic rings. The van der Waals surface area contributed by atoms with E-state index < -0.39 is 0 Å². The number of hydrogen-bond acceptors (Lipinski definition) is 4. The second-order valence-corrected chi connectivity index (χ2v) is 4.98. The monoisotopic (exact) mass is 257 g/mol. The molecule has 0 spiro atoms. The molecule has 0 saturated heterocycles. The second-order valence-electron chi connectivity index (χ2n) is 4.98. The highest BCUT2D eigenvalue weighted by Gasteiger charge is 2.29. The molecule has 4 heteroatoms. The van der Waals surface area contributed by atoms with E-state index in [-0.39, 0.29) is 0 Å². The summed E-state index contributed by atoms with van der Waals surface area (Å²) in [6.45, 7) is 1.78. The Morgan fingerprint density at radius 1 is 1.32 bits per heavy atom. The first-order valence-electron chi connectivity index (χ1n) is 6.75. The number of aromatic nitrogens is 1. The van der Waals surface area contributed by atoms with E-state index in [1.807, 2.05) is 31.4 Å². The van der Waals surface area contributed by atoms with Crippen molar-refractivity contribution in [2.24, 2.45) is 0 Å². The predicted molar refractivity (Wildman–Crippen MR) is 74.8 cm³/mol. The number of rotatable bonds is 6. The lowest BCUT2D eigenvalue weighted by molar-refractivity contribution is 0.225. The molecule has 0 aromatic carbocycles. The van der Waals surface area contributed by atoms with Gasteiger partial charge in [-0.15, -0.1) is 0 Å². The van der Waals surface area contributed by atoms with Crippen molar-refractivity contribution in [3.05, 3.63) is 48.0 Å². The largest absolute Gasteiger partial charge is 0.468 e. The molecular weight excluding hydrogens is 238 g/mol. The first kappa shape index (κ1) is 12.2. The minimum Gasteiger partial charge on any atom is -0.468 e. The molecule has 0 unspecified atom stereocenters. The van der Waals surface area contributed by atoms with Crippen LogP contribution in [0.15, 0.2) is 41.1 Å². The van der Waals surface area contributed by atoms with Crippen molar-refractivity contribution in [1.82, 2.24) is 9.88 Å². The van der Waals surface area contributed by atoms with Crippen LogP contribution in [0.5, 0.6) is 0 Å². The Labute approximate surface area is 113 Å². The molecule has 1 aliphatic carbocycles. The number of pyridine rings is 1. The highest BCUT2D eigenvalue weighted by Crippen LogP contribution is 2.30. The van der Waals surface area contributed by atoms with Gasteiger partial charge in [-0.05, 0) is 31.0 Å². The van der Waals surface area contributed by atoms with Crippen LogP contribution in [0.1, 0.15) is 24.2 Å². The van der Waals surface area contributed by atoms with Crippen LogP contribution in [0.4, 0.5) is 5.82 Å². The van der Waals surface area contributed by atoms with Gasteiger partial charge in [-0.1, -0.05) is 6.07 Å². The number of nitrogens with one attached hydrogen (secondary N) is 1. The third-order valence-electron chi connectivity index (χ3n) is 3.50. The van der Waals surface area contributed by atoms with Crippen LogP contribution in [0.25, 0.3) is 0 Å². The summed E-state index contributed by atoms with van der Waals surface area (Å²) in [5.41, 5.74) is 1.24. The van der Waals surface area contributed by atoms with Gasteiger partial charge in [-0.3, -0.25) is 4.90 Å². The van der Waals surface area contributed by atoms with Crippen LogP contribution >= 0.6 is 0 Å². The molecule has 1 N–H and O–H groups in total. The first-order valence-corrected chi connectivity index (χ1v) is 6.75. The fourth-order valence-electron chi connectivity index (χ4n) is 2.37. The van der Waals surface area contributed by atoms with E-state index in [0.717, 1.165) is 24.7 Å². The van der Waals surface area contributed by atoms with Gasteiger partial charge < -0.3 is 9.73 Å². The Balaban J connectivity index is 1.74. The predicted octanol–water partition coefficient (Wildman–Crippen LogP) is 2.88. The Kier molecular flexibility index (Phi) is 3.51. The van der Waals surface area contributed by atoms with E-state index in [1.165, 1.54) is 18.4 Å². The number of anilines is 1. The maximum Gasteiger partial charge on any atom is 0.130 e. The summed E-state index contributed by atoms with van der Waals surface area (Å²) in [7, 11) is 1.92. The molecule has 0 radical (unpaired) electrons. The molecule has 0 aliphatic heterocycles. The maximum absolute atomic E-state index is 5.46. The van der Waals surface area contributed by atoms with Gasteiger partial charge in [0, 0.05) is 31.4 Å². The Morgan fingerprint density at radius 2 is 2.21 bits per heavy atom. The molecule has 2 heterocycles. The number of hydrogen-bond donors (Lipinski definition) is 1. The van der Waals surface area contributed by atoms with Gasteiger partial charge in [0.25, 0.3) is 0 Å². The highest BCUT2D eigenvalue weighted by atomic mass is 16.3. The van der Waals surface area contributed by atoms with Crippen molar-refractivity contribution in [3.63, 3.8) is 0 Å². The normalized spacial score (nSPS) is 14.8. The Hall–Kier alpha value is -1.81. The zero-order valence-electron chi connectivity index (χ0n) is 11.2. The standard InChI is InChI=1S/C15H19N3O/c1-16-15-12(4-2-8-17-15)10-18(13-6-7-13)11-14-5-3-9-19-14/h2-5,8-9,13H,6-7,10-11H2,1H3,(H,16,17). The van der Waals surface area contributed by atoms with Crippen molar-refractivity contribution in [3.8, 4) is 0 Å². The van der Waals surface area contributed by atoms with Gasteiger partial charge >= 0.3 is 0 Å². The van der Waals surface area contributed by atoms with Crippen molar-refractivity contribution in [2.45, 2.75) is 32.0 Å². The van der Waals surface area contributed by atoms with Crippen molar-refractivity contribution in [2.75, 3.05) is 12.4 Å². The van der Waals surface area contributed by atoms with Crippen molar-refractivity contribution < 1.29 is 4.42 Å². The van der Waals surface area contributed by atoms with Crippen LogP contribution in [0, 0.1) is 0 Å². The third kappa shape index (κ3) is 2.96. The van der Waals surface area contributed by atoms with E-state index in [2.05, 4.69) is 21.3 Å². The van der Waals surface area contributed by atoms with Crippen LogP contribution in [0.3, 0.4) is 0 Å². The fourth-order valence-corrected chi connectivity index (χ4v) is 2.37. The lowest BCUT2D eigenvalue weighted by atomic mass is 10.2. The molecule has 3 rings (SSSR count). The number of nitrogens with zero attached hydrogens (tertiary/aromatic N) is 2. The lowest BCUT2D eigenvalue weighted by Crippen LogP contribution is -2.25. The highest BCUT2D eigenvalue weighted by molar-refractivity contribution is 5.42. The van der Waals surface area contributed by atoms with E-state index in [1.54, 1.807) is 6.26 Å². The van der Waals surface area contributed by atoms with Crippen molar-refractivity contribution in [1.29, 1.82) is 0 Å². The third-order valence-corrected chi connectivity index (χ3v) is 3.50. The molecule has 1 saturated carbocycles. The summed E-state index contributed by atoms with van der Waals surface area (Å²) in [5, 5.41) is 3.16. The van der Waals surface area contributed by atoms with Gasteiger partial charge in [0.05, 0.1) is 12.8 Å². The fraction of sp³-hybridized carbons (Fsp3) is 0.400. The SMILES string of the molecule is CNc1ncccc1CN(Cc1ccco1)C1CC1. The molecule has 0 bridgehead atoms. The van der Waals surface area contributed by atoms with Crippen LogP contribution in [-0.2, 0) is 13.1 Å². The first-order chi connectivity index (χ1) is 9.36. The van der Waals surface area contributed by atoms with E-state index >= 15 is 0 Å². The molecule has 2 aromatic heterocycles. The van der Waals surface area contributed by atoms with Gasteiger partial charge in [-0.25, -0.2) is 4.98 Å². The molecule has 4 nitrogen and oxygen atoms in total. The summed E-state index contributed by atoms with van der Waals surface area (Å²) in [4.78, 5) is 6.83. The summed E-state index contributed by atoms with van der Waals surface area (Å²) < 4.78 is 5.46. The average molecular weight is 257 g/mol. The van der Waals surface area contributed by atoms with Gasteiger partial charge in [0.2, 0.25) is 0 Å². The van der Waals surface area contributed by atoms with Gasteiger partial charge in [-0.2, -0.15) is 0 Å². The van der Waals surface area contributed by atoms with Crippen LogP contribution in [0.2, 0.25) is 0 Å². The Morgan fingerprint density at radius 3 is 2.89 bits per heavy atom. The molecule has 19 heavy (non-hydrogen) atoms. The second kappa shape index (κ2) is 5.45. The van der Waals surface area contributed by atoms with E-state index in [4.69, 9.17) is 4.42 Å². The molecule has 1 fully saturated rings. The molecule has 1 aliphatic rings. The smallest absolute Gasteiger partial charge is 0.130 e. The summed E-state index contributed by atoms with van der Waals surface area (Å²) >= 11 is 0. The summed E-state index contributed by atoms with van der Waals surface area (Å²) in [6.07, 6.45) is 6.14. The van der Waals surface area contributed by atoms with Gasteiger partial charge in [0.15, 0.2) is 0 Å². The zero-order valence-corrected chi connectivity index (χ0v) is 11.2. The quantitative estimate of drug-likeness (QED) is 0.864. The number of furan rings is 1. The Bertz CT molecular complexity index is 520. The van der Waals surface area contributed by atoms with Gasteiger partial charge in [0.1, 0.15) is 11.6 Å². The summed E-state index contributed by atoms with van der Waals surface area (Å²) in [5.74, 6) is 1.99. The minimum absolute atomic E-state index is 0.690. The zero-order chi connectivity index (χ0) is 13.1. The maximum atomic E-state index is 5.46. The lowest BCUT2D eigenvalue weighted by Gasteiger charge is -2.21. The van der Waals surface area contributed by atoms with E-state index in [9.17, 15) is 0 Å². The average Bonchev–Trinajstić information content (AvgIpc) is 3.17. The van der Waals surface area contributed by atoms with Crippen LogP contribution < -0.4 is 5.32 Å². The topological polar surface area (TPSA) is 41.3 Å². The van der Waals surface area contributed by atoms with E-state index in [0.29, 0.717) is 6.04 Å². The molecule has 0 atom stereocenters. The molecule has 100 valence electrons. The summed E-state index contributed by atoms with van der Waals surface area (Å²) in [6, 6.07) is 8.81. The van der Waals surface area contributed by atoms with Crippen molar-refractivity contribution >= 4 is 5.82 Å². The van der Waals surface area contributed by atoms with Crippen LogP contribution in [-0.4, -0.2) is 23.0 Å². The molecular formula is C15H19N3O. The molecule has 0 amide bonds.